The lowest BCUT2D eigenvalue weighted by molar-refractivity contribution is -0.147. The topological polar surface area (TPSA) is 183 Å². The molecular weight excluding hydrogens is 638 g/mol. The van der Waals surface area contributed by atoms with Crippen LogP contribution in [-0.2, 0) is 14.3 Å². The number of nitrogens with zero attached hydrogens (tertiary/aromatic N) is 3. The lowest BCUT2D eigenvalue weighted by atomic mass is 10.0. The number of hydrogen-bond acceptors (Lipinski definition) is 11. The molecule has 4 aliphatic rings. The molecule has 48 heavy (non-hydrogen) atoms. The molecule has 7 rings (SSSR count). The third-order valence-electron chi connectivity index (χ3n) is 8.98. The van der Waals surface area contributed by atoms with E-state index in [1.165, 1.54) is 30.2 Å². The van der Waals surface area contributed by atoms with E-state index in [9.17, 15) is 29.4 Å². The summed E-state index contributed by atoms with van der Waals surface area (Å²) >= 11 is 0. The van der Waals surface area contributed by atoms with Gasteiger partial charge in [0, 0.05) is 24.7 Å². The number of nitrogens with two attached hydrogens (primary N) is 1. The van der Waals surface area contributed by atoms with Crippen molar-refractivity contribution in [3.8, 4) is 11.5 Å². The zero-order valence-corrected chi connectivity index (χ0v) is 25.7. The third kappa shape index (κ3) is 5.53. The lowest BCUT2D eigenvalue weighted by Gasteiger charge is -2.34. The van der Waals surface area contributed by atoms with Crippen LogP contribution in [0, 0.1) is 11.6 Å². The predicted octanol–water partition coefficient (Wildman–Crippen LogP) is 2.31. The molecular formula is C32H32F2N4O10. The number of fused-ring (bicyclic) bond motifs is 5. The number of ether oxygens (including phenoxy) is 4. The van der Waals surface area contributed by atoms with Crippen LogP contribution in [0.5, 0.6) is 11.5 Å². The van der Waals surface area contributed by atoms with Gasteiger partial charge in [0.05, 0.1) is 35.7 Å². The van der Waals surface area contributed by atoms with E-state index in [4.69, 9.17) is 24.7 Å². The number of anilines is 2. The fraction of sp³-hybridized carbons (Fsp3) is 0.438. The van der Waals surface area contributed by atoms with E-state index in [0.29, 0.717) is 5.52 Å². The van der Waals surface area contributed by atoms with Gasteiger partial charge < -0.3 is 44.4 Å². The highest BCUT2D eigenvalue weighted by molar-refractivity contribution is 5.97. The number of rotatable bonds is 9. The molecule has 4 N–H and O–H groups in total. The first kappa shape index (κ1) is 31.6. The Kier molecular flexibility index (Phi) is 7.66. The maximum atomic E-state index is 15.7. The second kappa shape index (κ2) is 11.6. The molecule has 3 aliphatic heterocycles. The Balaban J connectivity index is 1.07. The molecule has 4 heterocycles. The van der Waals surface area contributed by atoms with Crippen molar-refractivity contribution in [1.82, 2.24) is 4.57 Å². The number of hydrogen-bond donors (Lipinski definition) is 3. The molecule has 1 aliphatic carbocycles. The van der Waals surface area contributed by atoms with E-state index in [1.54, 1.807) is 9.47 Å². The number of carboxylic acid groups (broad SMARTS) is 1. The average molecular weight is 671 g/mol. The first-order chi connectivity index (χ1) is 22.8. The summed E-state index contributed by atoms with van der Waals surface area (Å²) in [7, 11) is 0. The minimum atomic E-state index is -1.55. The van der Waals surface area contributed by atoms with Crippen LogP contribution in [0.2, 0.25) is 0 Å². The molecule has 1 aromatic heterocycles. The Morgan fingerprint density at radius 2 is 1.94 bits per heavy atom. The number of cyclic esters (lactones) is 1. The molecule has 2 aromatic carbocycles. The molecule has 0 spiro atoms. The number of pyridine rings is 1. The minimum Gasteiger partial charge on any atom is -0.487 e. The molecule has 1 saturated carbocycles. The van der Waals surface area contributed by atoms with E-state index in [2.05, 4.69) is 0 Å². The number of esters is 1. The smallest absolute Gasteiger partial charge is 0.414 e. The fourth-order valence-electron chi connectivity index (χ4n) is 6.51. The number of amides is 1. The number of benzene rings is 2. The third-order valence-corrected chi connectivity index (χ3v) is 8.98. The Bertz CT molecular complexity index is 1910. The molecule has 0 unspecified atom stereocenters. The van der Waals surface area contributed by atoms with E-state index in [1.807, 2.05) is 0 Å². The summed E-state index contributed by atoms with van der Waals surface area (Å²) in [6.07, 6.45) is 1.38. The van der Waals surface area contributed by atoms with Gasteiger partial charge in [-0.15, -0.1) is 0 Å². The van der Waals surface area contributed by atoms with Crippen LogP contribution in [-0.4, -0.2) is 89.5 Å². The molecule has 3 fully saturated rings. The molecule has 16 heteroatoms. The monoisotopic (exact) mass is 670 g/mol. The van der Waals surface area contributed by atoms with E-state index in [0.717, 1.165) is 25.0 Å². The van der Waals surface area contributed by atoms with Crippen LogP contribution in [0.3, 0.4) is 0 Å². The highest BCUT2D eigenvalue weighted by atomic mass is 19.1. The van der Waals surface area contributed by atoms with E-state index < -0.39 is 64.4 Å². The number of aliphatic hydroxyl groups is 1. The summed E-state index contributed by atoms with van der Waals surface area (Å²) in [5, 5.41) is 21.0. The standard InChI is InChI=1S/C32H32F2N4O10/c1-15(35)30(42)46-12-19-9-37(31(43)48-19)17-4-5-24(22(33)6-17)47-14-32(44)8-18-11-45-28-25-20(7-23(34)26(28)38(18)13-32)27(39)21(29(40)41)10-36(25)16-2-3-16/h4-7,10,15-16,18-19,44H,2-3,8-9,11-14,35H2,1H3,(H,40,41)/t15-,18-,19+,32-/m0/s1. The van der Waals surface area contributed by atoms with Crippen LogP contribution >= 0.6 is 0 Å². The van der Waals surface area contributed by atoms with Gasteiger partial charge in [-0.3, -0.25) is 14.5 Å². The van der Waals surface area contributed by atoms with Crippen molar-refractivity contribution in [2.75, 3.05) is 42.7 Å². The van der Waals surface area contributed by atoms with Gasteiger partial charge in [-0.2, -0.15) is 0 Å². The Morgan fingerprint density at radius 1 is 1.17 bits per heavy atom. The number of carboxylic acids is 1. The number of halogens is 2. The highest BCUT2D eigenvalue weighted by Crippen LogP contribution is 2.48. The van der Waals surface area contributed by atoms with Gasteiger partial charge >= 0.3 is 18.0 Å². The minimum absolute atomic E-state index is 0.00851. The summed E-state index contributed by atoms with van der Waals surface area (Å²) in [6, 6.07) is 3.48. The van der Waals surface area contributed by atoms with Crippen molar-refractivity contribution in [3.63, 3.8) is 0 Å². The zero-order chi connectivity index (χ0) is 34.1. The molecule has 14 nitrogen and oxygen atoms in total. The summed E-state index contributed by atoms with van der Waals surface area (Å²) in [6.45, 7) is 0.869. The van der Waals surface area contributed by atoms with E-state index in [-0.39, 0.29) is 73.6 Å². The second-order valence-corrected chi connectivity index (χ2v) is 12.7. The number of aromatic nitrogens is 1. The number of aromatic carboxylic acids is 1. The molecule has 3 aromatic rings. The van der Waals surface area contributed by atoms with Gasteiger partial charge in [0.2, 0.25) is 5.43 Å². The molecule has 2 saturated heterocycles. The maximum absolute atomic E-state index is 15.7. The van der Waals surface area contributed by atoms with Crippen molar-refractivity contribution in [3.05, 3.63) is 57.9 Å². The summed E-state index contributed by atoms with van der Waals surface area (Å²) in [4.78, 5) is 51.6. The van der Waals surface area contributed by atoms with E-state index >= 15 is 8.78 Å². The molecule has 254 valence electrons. The Labute approximate surface area is 271 Å². The van der Waals surface area contributed by atoms with Crippen molar-refractivity contribution in [2.24, 2.45) is 5.73 Å². The van der Waals surface area contributed by atoms with Crippen molar-refractivity contribution < 1.29 is 52.3 Å². The zero-order valence-electron chi connectivity index (χ0n) is 25.7. The molecule has 1 amide bonds. The maximum Gasteiger partial charge on any atom is 0.414 e. The SMILES string of the molecule is C[C@H](N)C(=O)OC[C@H]1CN(c2ccc(OC[C@]3(O)C[C@H]4COc5c(c(F)cc6c(=O)c(C(=O)O)cn(C7CC7)c56)N4C3)c(F)c2)C(=O)O1. The van der Waals surface area contributed by atoms with Gasteiger partial charge in [-0.1, -0.05) is 0 Å². The van der Waals surface area contributed by atoms with Gasteiger partial charge in [-0.25, -0.2) is 18.4 Å². The number of carbonyl (C=O) groups is 3. The molecule has 0 bridgehead atoms. The lowest BCUT2D eigenvalue weighted by Crippen LogP contribution is -2.41. The normalized spacial score (nSPS) is 23.7. The van der Waals surface area contributed by atoms with Crippen molar-refractivity contribution in [1.29, 1.82) is 0 Å². The Morgan fingerprint density at radius 3 is 2.62 bits per heavy atom. The largest absolute Gasteiger partial charge is 0.487 e. The van der Waals surface area contributed by atoms with Gasteiger partial charge in [-0.05, 0) is 38.0 Å². The van der Waals surface area contributed by atoms with Crippen LogP contribution < -0.4 is 30.4 Å². The van der Waals surface area contributed by atoms with Gasteiger partial charge in [0.15, 0.2) is 29.2 Å². The molecule has 4 atom stereocenters. The number of carbonyl (C=O) groups excluding carboxylic acids is 2. The fourth-order valence-corrected chi connectivity index (χ4v) is 6.51. The molecule has 0 radical (unpaired) electrons. The highest BCUT2D eigenvalue weighted by Gasteiger charge is 2.48. The first-order valence-corrected chi connectivity index (χ1v) is 15.4. The van der Waals surface area contributed by atoms with Gasteiger partial charge in [0.1, 0.15) is 42.7 Å². The van der Waals surface area contributed by atoms with Crippen LogP contribution in [0.15, 0.2) is 35.3 Å². The van der Waals surface area contributed by atoms with Crippen molar-refractivity contribution >= 4 is 40.3 Å². The summed E-state index contributed by atoms with van der Waals surface area (Å²) in [5.74, 6) is -3.76. The average Bonchev–Trinajstić information content (AvgIpc) is 3.73. The van der Waals surface area contributed by atoms with Crippen LogP contribution in [0.4, 0.5) is 25.0 Å². The van der Waals surface area contributed by atoms with Gasteiger partial charge in [0.25, 0.3) is 0 Å². The van der Waals surface area contributed by atoms with Crippen LogP contribution in [0.25, 0.3) is 10.9 Å². The Hall–Kier alpha value is -4.96. The summed E-state index contributed by atoms with van der Waals surface area (Å²) < 4.78 is 54.5. The predicted molar refractivity (Wildman–Crippen MR) is 164 cm³/mol. The first-order valence-electron chi connectivity index (χ1n) is 15.4. The summed E-state index contributed by atoms with van der Waals surface area (Å²) in [5.41, 5.74) is 3.17. The van der Waals surface area contributed by atoms with Crippen LogP contribution in [0.1, 0.15) is 42.6 Å². The second-order valence-electron chi connectivity index (χ2n) is 12.7. The quantitative estimate of drug-likeness (QED) is 0.283. The van der Waals surface area contributed by atoms with Crippen molar-refractivity contribution in [2.45, 2.75) is 56.0 Å².